The highest BCUT2D eigenvalue weighted by Crippen LogP contribution is 2.29. The van der Waals surface area contributed by atoms with Gasteiger partial charge in [0.25, 0.3) is 0 Å². The second kappa shape index (κ2) is 7.49. The van der Waals surface area contributed by atoms with Crippen LogP contribution in [0.15, 0.2) is 42.6 Å². The summed E-state index contributed by atoms with van der Waals surface area (Å²) in [5, 5.41) is 9.24. The lowest BCUT2D eigenvalue weighted by Gasteiger charge is -2.10. The van der Waals surface area contributed by atoms with Gasteiger partial charge in [-0.25, -0.2) is 0 Å². The summed E-state index contributed by atoms with van der Waals surface area (Å²) in [5.41, 5.74) is 0.453. The van der Waals surface area contributed by atoms with Gasteiger partial charge in [-0.1, -0.05) is 24.3 Å². The molecule has 2 rings (SSSR count). The van der Waals surface area contributed by atoms with Crippen molar-refractivity contribution in [2.45, 2.75) is 17.8 Å². The SMILES string of the molecule is CSCc1ccc(C(=O)C(C#N)c2ccc(C(F)(F)F)cn2)cc1. The average Bonchev–Trinajstić information content (AvgIpc) is 2.56. The molecule has 3 nitrogen and oxygen atoms in total. The van der Waals surface area contributed by atoms with Crippen LogP contribution in [0, 0.1) is 11.3 Å². The number of ketones is 1. The van der Waals surface area contributed by atoms with E-state index in [1.54, 1.807) is 36.0 Å². The monoisotopic (exact) mass is 350 g/mol. The van der Waals surface area contributed by atoms with Crippen LogP contribution in [0.5, 0.6) is 0 Å². The van der Waals surface area contributed by atoms with E-state index in [4.69, 9.17) is 0 Å². The van der Waals surface area contributed by atoms with Gasteiger partial charge in [-0.2, -0.15) is 30.2 Å². The zero-order chi connectivity index (χ0) is 17.7. The van der Waals surface area contributed by atoms with Crippen LogP contribution in [0.2, 0.25) is 0 Å². The van der Waals surface area contributed by atoms with E-state index in [2.05, 4.69) is 4.98 Å². The van der Waals surface area contributed by atoms with Crippen LogP contribution in [0.25, 0.3) is 0 Å². The molecular formula is C17H13F3N2OS. The number of Topliss-reactive ketones (excluding diaryl/α,β-unsaturated/α-hetero) is 1. The fraction of sp³-hybridized carbons (Fsp3) is 0.235. The first-order valence-corrected chi connectivity index (χ1v) is 8.31. The maximum Gasteiger partial charge on any atom is 0.417 e. The maximum atomic E-state index is 12.6. The first kappa shape index (κ1) is 18.0. The third-order valence-corrected chi connectivity index (χ3v) is 3.97. The lowest BCUT2D eigenvalue weighted by Crippen LogP contribution is -2.14. The minimum Gasteiger partial charge on any atom is -0.292 e. The molecule has 0 N–H and O–H groups in total. The summed E-state index contributed by atoms with van der Waals surface area (Å²) in [6.07, 6.45) is -1.92. The Morgan fingerprint density at radius 1 is 1.25 bits per heavy atom. The second-order valence-electron chi connectivity index (χ2n) is 5.03. The topological polar surface area (TPSA) is 53.8 Å². The Bertz CT molecular complexity index is 749. The van der Waals surface area contributed by atoms with E-state index < -0.39 is 23.4 Å². The predicted octanol–water partition coefficient (Wildman–Crippen LogP) is 4.45. The van der Waals surface area contributed by atoms with Gasteiger partial charge >= 0.3 is 6.18 Å². The quantitative estimate of drug-likeness (QED) is 0.748. The summed E-state index contributed by atoms with van der Waals surface area (Å²) < 4.78 is 37.7. The highest BCUT2D eigenvalue weighted by molar-refractivity contribution is 7.97. The molecule has 0 radical (unpaired) electrons. The number of hydrogen-bond donors (Lipinski definition) is 0. The van der Waals surface area contributed by atoms with Gasteiger partial charge in [-0.15, -0.1) is 0 Å². The third kappa shape index (κ3) is 4.15. The molecule has 0 spiro atoms. The molecule has 124 valence electrons. The summed E-state index contributed by atoms with van der Waals surface area (Å²) in [4.78, 5) is 16.1. The Labute approximate surface area is 141 Å². The molecule has 1 aromatic heterocycles. The summed E-state index contributed by atoms with van der Waals surface area (Å²) in [6, 6.07) is 10.5. The van der Waals surface area contributed by atoms with Gasteiger partial charge in [0, 0.05) is 17.5 Å². The lowest BCUT2D eigenvalue weighted by atomic mass is 9.94. The van der Waals surface area contributed by atoms with Crippen LogP contribution in [0.4, 0.5) is 13.2 Å². The van der Waals surface area contributed by atoms with Crippen LogP contribution in [-0.2, 0) is 11.9 Å². The molecule has 0 saturated heterocycles. The van der Waals surface area contributed by atoms with Gasteiger partial charge < -0.3 is 0 Å². The number of hydrogen-bond acceptors (Lipinski definition) is 4. The number of thioether (sulfide) groups is 1. The first-order chi connectivity index (χ1) is 11.4. The normalized spacial score (nSPS) is 12.5. The molecule has 0 amide bonds. The van der Waals surface area contributed by atoms with Crippen molar-refractivity contribution in [1.82, 2.24) is 4.98 Å². The zero-order valence-electron chi connectivity index (χ0n) is 12.7. The Hall–Kier alpha value is -2.33. The first-order valence-electron chi connectivity index (χ1n) is 6.91. The van der Waals surface area contributed by atoms with E-state index in [-0.39, 0.29) is 5.69 Å². The van der Waals surface area contributed by atoms with Crippen molar-refractivity contribution in [3.05, 3.63) is 65.0 Å². The molecule has 24 heavy (non-hydrogen) atoms. The Balaban J connectivity index is 2.24. The summed E-state index contributed by atoms with van der Waals surface area (Å²) in [6.45, 7) is 0. The molecule has 1 unspecified atom stereocenters. The number of aromatic nitrogens is 1. The molecule has 0 saturated carbocycles. The molecule has 1 atom stereocenters. The highest BCUT2D eigenvalue weighted by atomic mass is 32.2. The van der Waals surface area contributed by atoms with Crippen molar-refractivity contribution in [1.29, 1.82) is 5.26 Å². The van der Waals surface area contributed by atoms with Crippen LogP contribution >= 0.6 is 11.8 Å². The van der Waals surface area contributed by atoms with Crippen molar-refractivity contribution in [2.75, 3.05) is 6.26 Å². The van der Waals surface area contributed by atoms with Crippen molar-refractivity contribution in [2.24, 2.45) is 0 Å². The van der Waals surface area contributed by atoms with Crippen LogP contribution < -0.4 is 0 Å². The van der Waals surface area contributed by atoms with Crippen molar-refractivity contribution in [3.8, 4) is 6.07 Å². The van der Waals surface area contributed by atoms with E-state index in [9.17, 15) is 23.2 Å². The number of pyridine rings is 1. The maximum absolute atomic E-state index is 12.6. The number of benzene rings is 1. The molecule has 0 aliphatic rings. The molecule has 0 aliphatic carbocycles. The fourth-order valence-electron chi connectivity index (χ4n) is 2.10. The smallest absolute Gasteiger partial charge is 0.292 e. The third-order valence-electron chi connectivity index (χ3n) is 3.35. The fourth-order valence-corrected chi connectivity index (χ4v) is 2.63. The lowest BCUT2D eigenvalue weighted by molar-refractivity contribution is -0.137. The number of alkyl halides is 3. The Morgan fingerprint density at radius 2 is 1.92 bits per heavy atom. The Morgan fingerprint density at radius 3 is 2.38 bits per heavy atom. The number of nitrogens with zero attached hydrogens (tertiary/aromatic N) is 2. The highest BCUT2D eigenvalue weighted by Gasteiger charge is 2.31. The standard InChI is InChI=1S/C17H13F3N2OS/c1-24-10-11-2-4-12(5-3-11)16(23)14(8-21)15-7-6-13(9-22-15)17(18,19)20/h2-7,9,14H,10H2,1H3. The largest absolute Gasteiger partial charge is 0.417 e. The number of carbonyl (C=O) groups excluding carboxylic acids is 1. The van der Waals surface area contributed by atoms with E-state index in [1.165, 1.54) is 0 Å². The molecule has 1 heterocycles. The number of rotatable bonds is 5. The number of halogens is 3. The summed E-state index contributed by atoms with van der Waals surface area (Å²) >= 11 is 1.64. The predicted molar refractivity (Wildman–Crippen MR) is 85.6 cm³/mol. The molecule has 0 bridgehead atoms. The van der Waals surface area contributed by atoms with Crippen molar-refractivity contribution < 1.29 is 18.0 Å². The van der Waals surface area contributed by atoms with Gasteiger partial charge in [-0.05, 0) is 24.0 Å². The van der Waals surface area contributed by atoms with Crippen molar-refractivity contribution >= 4 is 17.5 Å². The van der Waals surface area contributed by atoms with E-state index in [0.29, 0.717) is 11.8 Å². The molecule has 1 aromatic carbocycles. The minimum absolute atomic E-state index is 0.00342. The number of nitriles is 1. The molecule has 0 aliphatic heterocycles. The van der Waals surface area contributed by atoms with Crippen LogP contribution in [0.3, 0.4) is 0 Å². The summed E-state index contributed by atoms with van der Waals surface area (Å²) in [7, 11) is 0. The number of carbonyl (C=O) groups is 1. The molecule has 0 fully saturated rings. The van der Waals surface area contributed by atoms with E-state index >= 15 is 0 Å². The van der Waals surface area contributed by atoms with Crippen molar-refractivity contribution in [3.63, 3.8) is 0 Å². The zero-order valence-corrected chi connectivity index (χ0v) is 13.5. The van der Waals surface area contributed by atoms with Crippen LogP contribution in [0.1, 0.15) is 33.1 Å². The molecular weight excluding hydrogens is 337 g/mol. The second-order valence-corrected chi connectivity index (χ2v) is 5.89. The molecule has 7 heteroatoms. The minimum atomic E-state index is -4.51. The van der Waals surface area contributed by atoms with Gasteiger partial charge in [0.1, 0.15) is 0 Å². The molecule has 2 aromatic rings. The van der Waals surface area contributed by atoms with E-state index in [0.717, 1.165) is 23.4 Å². The van der Waals surface area contributed by atoms with Gasteiger partial charge in [0.2, 0.25) is 0 Å². The van der Waals surface area contributed by atoms with E-state index in [1.807, 2.05) is 12.3 Å². The average molecular weight is 350 g/mol. The Kier molecular flexibility index (Phi) is 5.62. The summed E-state index contributed by atoms with van der Waals surface area (Å²) in [5.74, 6) is -0.921. The van der Waals surface area contributed by atoms with Gasteiger partial charge in [0.15, 0.2) is 11.7 Å². The van der Waals surface area contributed by atoms with Gasteiger partial charge in [-0.3, -0.25) is 9.78 Å². The van der Waals surface area contributed by atoms with Crippen LogP contribution in [-0.4, -0.2) is 17.0 Å². The van der Waals surface area contributed by atoms with Gasteiger partial charge in [0.05, 0.1) is 17.3 Å².